The molecule has 2 fully saturated rings. The summed E-state index contributed by atoms with van der Waals surface area (Å²) in [4.78, 5) is 20.7. The summed E-state index contributed by atoms with van der Waals surface area (Å²) in [7, 11) is 0. The van der Waals surface area contributed by atoms with Crippen LogP contribution in [0.3, 0.4) is 0 Å². The van der Waals surface area contributed by atoms with E-state index in [1.54, 1.807) is 4.90 Å². The van der Waals surface area contributed by atoms with Gasteiger partial charge in [-0.1, -0.05) is 19.0 Å². The lowest BCUT2D eigenvalue weighted by atomic mass is 9.95. The lowest BCUT2D eigenvalue weighted by Crippen LogP contribution is -2.47. The topological polar surface area (TPSA) is 82.7 Å². The Morgan fingerprint density at radius 3 is 2.68 bits per heavy atom. The lowest BCUT2D eigenvalue weighted by Gasteiger charge is -2.35. The molecule has 1 amide bonds. The van der Waals surface area contributed by atoms with Crippen LogP contribution in [0.4, 0.5) is 0 Å². The molecule has 0 saturated carbocycles. The number of thioether (sulfide) groups is 1. The van der Waals surface area contributed by atoms with Crippen molar-refractivity contribution in [2.45, 2.75) is 50.7 Å². The zero-order chi connectivity index (χ0) is 18.0. The molecule has 3 heterocycles. The van der Waals surface area contributed by atoms with Crippen molar-refractivity contribution in [1.82, 2.24) is 19.9 Å². The van der Waals surface area contributed by atoms with Gasteiger partial charge in [-0.2, -0.15) is 16.7 Å². The van der Waals surface area contributed by atoms with Gasteiger partial charge in [0, 0.05) is 24.9 Å². The molecule has 0 spiro atoms. The first-order valence-corrected chi connectivity index (χ1v) is 10.4. The van der Waals surface area contributed by atoms with Gasteiger partial charge in [0.15, 0.2) is 5.82 Å². The van der Waals surface area contributed by atoms with E-state index in [4.69, 9.17) is 4.52 Å². The van der Waals surface area contributed by atoms with Gasteiger partial charge in [0.2, 0.25) is 11.8 Å². The Kier molecular flexibility index (Phi) is 6.01. The smallest absolute Gasteiger partial charge is 0.232 e. The van der Waals surface area contributed by atoms with Crippen LogP contribution in [0.2, 0.25) is 0 Å². The Balaban J connectivity index is 1.54. The minimum atomic E-state index is -0.460. The molecular formula is C17H28N4O3S. The van der Waals surface area contributed by atoms with Gasteiger partial charge in [0.25, 0.3) is 0 Å². The summed E-state index contributed by atoms with van der Waals surface area (Å²) >= 11 is 1.53. The average molecular weight is 369 g/mol. The van der Waals surface area contributed by atoms with E-state index in [-0.39, 0.29) is 17.9 Å². The summed E-state index contributed by atoms with van der Waals surface area (Å²) < 4.78 is 5.44. The second-order valence-electron chi connectivity index (χ2n) is 7.32. The van der Waals surface area contributed by atoms with Gasteiger partial charge in [0.05, 0.1) is 17.9 Å². The molecule has 0 unspecified atom stereocenters. The number of carbonyl (C=O) groups excluding carboxylic acids is 1. The summed E-state index contributed by atoms with van der Waals surface area (Å²) in [5, 5.41) is 14.5. The molecule has 0 aliphatic carbocycles. The van der Waals surface area contributed by atoms with Gasteiger partial charge in [-0.05, 0) is 32.2 Å². The van der Waals surface area contributed by atoms with E-state index in [1.807, 2.05) is 6.26 Å². The molecule has 1 N–H and O–H groups in total. The van der Waals surface area contributed by atoms with Crippen molar-refractivity contribution in [3.63, 3.8) is 0 Å². The van der Waals surface area contributed by atoms with Crippen LogP contribution in [-0.4, -0.2) is 81.3 Å². The summed E-state index contributed by atoms with van der Waals surface area (Å²) in [6, 6.07) is 0.0423. The van der Waals surface area contributed by atoms with E-state index >= 15 is 0 Å². The highest BCUT2D eigenvalue weighted by molar-refractivity contribution is 7.99. The summed E-state index contributed by atoms with van der Waals surface area (Å²) in [6.07, 6.45) is 3.36. The maximum atomic E-state index is 12.1. The molecule has 7 nitrogen and oxygen atoms in total. The first-order chi connectivity index (χ1) is 12.0. The van der Waals surface area contributed by atoms with Gasteiger partial charge < -0.3 is 14.5 Å². The Hall–Kier alpha value is -1.12. The third-order valence-corrected chi connectivity index (χ3v) is 5.74. The van der Waals surface area contributed by atoms with Crippen molar-refractivity contribution in [2.24, 2.45) is 0 Å². The fraction of sp³-hybridized carbons (Fsp3) is 0.824. The number of aromatic nitrogens is 2. The number of carbonyl (C=O) groups is 1. The number of piperidine rings is 1. The monoisotopic (exact) mass is 368 g/mol. The normalized spacial score (nSPS) is 25.9. The number of amides is 1. The van der Waals surface area contributed by atoms with Crippen LogP contribution in [0.1, 0.15) is 50.2 Å². The Morgan fingerprint density at radius 1 is 1.36 bits per heavy atom. The third kappa shape index (κ3) is 4.17. The molecule has 1 aromatic heterocycles. The largest absolute Gasteiger partial charge is 0.390 e. The zero-order valence-electron chi connectivity index (χ0n) is 15.2. The van der Waals surface area contributed by atoms with Crippen molar-refractivity contribution in [3.8, 4) is 0 Å². The maximum absolute atomic E-state index is 12.1. The standard InChI is InChI=1S/C17H28N4O3S/c1-11(2)16-18-17(24-19-16)12-4-6-20(7-5-12)13-8-21(9-14(13)22)15(23)10-25-3/h11-14,22H,4-10H2,1-3H3/t13-,14-/m0/s1. The van der Waals surface area contributed by atoms with Crippen molar-refractivity contribution in [1.29, 1.82) is 0 Å². The van der Waals surface area contributed by atoms with E-state index < -0.39 is 6.10 Å². The molecule has 2 aliphatic rings. The van der Waals surface area contributed by atoms with E-state index in [0.29, 0.717) is 24.8 Å². The molecule has 2 saturated heterocycles. The van der Waals surface area contributed by atoms with Crippen LogP contribution in [0.5, 0.6) is 0 Å². The van der Waals surface area contributed by atoms with Crippen molar-refractivity contribution in [3.05, 3.63) is 11.7 Å². The predicted octanol–water partition coefficient (Wildman–Crippen LogP) is 1.31. The maximum Gasteiger partial charge on any atom is 0.232 e. The van der Waals surface area contributed by atoms with Crippen LogP contribution in [0.15, 0.2) is 4.52 Å². The number of hydrogen-bond acceptors (Lipinski definition) is 7. The number of aliphatic hydroxyl groups is 1. The Labute approximate surface area is 153 Å². The number of β-amino-alcohol motifs (C(OH)–C–C–N with tert-alkyl or cyclic N) is 1. The number of hydrogen-bond donors (Lipinski definition) is 1. The van der Waals surface area contributed by atoms with Crippen LogP contribution < -0.4 is 0 Å². The summed E-state index contributed by atoms with van der Waals surface area (Å²) in [6.45, 7) is 6.97. The molecule has 0 bridgehead atoms. The summed E-state index contributed by atoms with van der Waals surface area (Å²) in [5.41, 5.74) is 0. The van der Waals surface area contributed by atoms with Gasteiger partial charge in [-0.3, -0.25) is 9.69 Å². The Morgan fingerprint density at radius 2 is 2.08 bits per heavy atom. The molecule has 3 rings (SSSR count). The van der Waals surface area contributed by atoms with E-state index in [0.717, 1.165) is 37.6 Å². The van der Waals surface area contributed by atoms with Crippen LogP contribution in [0.25, 0.3) is 0 Å². The van der Waals surface area contributed by atoms with E-state index in [1.165, 1.54) is 11.8 Å². The minimum Gasteiger partial charge on any atom is -0.390 e. The Bertz CT molecular complexity index is 586. The fourth-order valence-electron chi connectivity index (χ4n) is 3.67. The number of rotatable bonds is 5. The number of nitrogens with zero attached hydrogens (tertiary/aromatic N) is 4. The molecule has 140 valence electrons. The van der Waals surface area contributed by atoms with Crippen molar-refractivity contribution >= 4 is 17.7 Å². The highest BCUT2D eigenvalue weighted by atomic mass is 32.2. The second kappa shape index (κ2) is 8.05. The lowest BCUT2D eigenvalue weighted by molar-refractivity contribution is -0.127. The third-order valence-electron chi connectivity index (χ3n) is 5.20. The first-order valence-electron chi connectivity index (χ1n) is 9.02. The first kappa shape index (κ1) is 18.7. The highest BCUT2D eigenvalue weighted by Gasteiger charge is 2.39. The quantitative estimate of drug-likeness (QED) is 0.839. The average Bonchev–Trinajstić information content (AvgIpc) is 3.22. The molecule has 25 heavy (non-hydrogen) atoms. The van der Waals surface area contributed by atoms with Crippen molar-refractivity contribution < 1.29 is 14.4 Å². The second-order valence-corrected chi connectivity index (χ2v) is 8.19. The zero-order valence-corrected chi connectivity index (χ0v) is 16.0. The fourth-order valence-corrected chi connectivity index (χ4v) is 4.10. The number of aliphatic hydroxyl groups excluding tert-OH is 1. The predicted molar refractivity (Wildman–Crippen MR) is 96.7 cm³/mol. The highest BCUT2D eigenvalue weighted by Crippen LogP contribution is 2.30. The van der Waals surface area contributed by atoms with Gasteiger partial charge >= 0.3 is 0 Å². The van der Waals surface area contributed by atoms with E-state index in [2.05, 4.69) is 28.9 Å². The van der Waals surface area contributed by atoms with Crippen LogP contribution >= 0.6 is 11.8 Å². The van der Waals surface area contributed by atoms with Gasteiger partial charge in [-0.15, -0.1) is 0 Å². The summed E-state index contributed by atoms with van der Waals surface area (Å²) in [5.74, 6) is 2.69. The molecule has 1 aromatic rings. The SMILES string of the molecule is CSCC(=O)N1C[C@H](O)[C@@H](N2CCC(c3nc(C(C)C)no3)CC2)C1. The van der Waals surface area contributed by atoms with Gasteiger partial charge in [-0.25, -0.2) is 0 Å². The van der Waals surface area contributed by atoms with Crippen molar-refractivity contribution in [2.75, 3.05) is 38.2 Å². The van der Waals surface area contributed by atoms with E-state index in [9.17, 15) is 9.90 Å². The molecule has 8 heteroatoms. The molecular weight excluding hydrogens is 340 g/mol. The molecule has 0 radical (unpaired) electrons. The van der Waals surface area contributed by atoms with Crippen LogP contribution in [0, 0.1) is 0 Å². The molecule has 2 aliphatic heterocycles. The molecule has 2 atom stereocenters. The van der Waals surface area contributed by atoms with Gasteiger partial charge in [0.1, 0.15) is 0 Å². The minimum absolute atomic E-state index is 0.0423. The number of likely N-dealkylation sites (tertiary alicyclic amines) is 2. The molecule has 0 aromatic carbocycles. The van der Waals surface area contributed by atoms with Crippen LogP contribution in [-0.2, 0) is 4.79 Å².